The molecule has 2 rings (SSSR count). The maximum absolute atomic E-state index is 13.8. The molecular weight excluding hydrogens is 265 g/mol. The van der Waals surface area contributed by atoms with Gasteiger partial charge in [0.15, 0.2) is 0 Å². The SMILES string of the molecule is Cc1cccc(F)c1C(=O)N1CC[C@H](C(=O)O)[C@H](O)C1. The van der Waals surface area contributed by atoms with Crippen molar-refractivity contribution in [3.8, 4) is 0 Å². The van der Waals surface area contributed by atoms with Crippen LogP contribution in [0, 0.1) is 18.7 Å². The number of aryl methyl sites for hydroxylation is 1. The van der Waals surface area contributed by atoms with E-state index >= 15 is 0 Å². The number of carboxylic acid groups (broad SMARTS) is 1. The summed E-state index contributed by atoms with van der Waals surface area (Å²) < 4.78 is 13.8. The number of carbonyl (C=O) groups excluding carboxylic acids is 1. The number of aliphatic carboxylic acids is 1. The Morgan fingerprint density at radius 1 is 1.40 bits per heavy atom. The molecule has 1 heterocycles. The van der Waals surface area contributed by atoms with E-state index in [2.05, 4.69) is 0 Å². The van der Waals surface area contributed by atoms with Crippen LogP contribution in [0.5, 0.6) is 0 Å². The standard InChI is InChI=1S/C14H16FNO4/c1-8-3-2-4-10(15)12(8)13(18)16-6-5-9(14(19)20)11(17)7-16/h2-4,9,11,17H,5-7H2,1H3,(H,19,20)/t9-,11+/m0/s1. The van der Waals surface area contributed by atoms with Gasteiger partial charge in [-0.1, -0.05) is 12.1 Å². The monoisotopic (exact) mass is 281 g/mol. The Morgan fingerprint density at radius 3 is 2.65 bits per heavy atom. The molecule has 0 saturated carbocycles. The van der Waals surface area contributed by atoms with E-state index in [1.807, 2.05) is 0 Å². The van der Waals surface area contributed by atoms with Crippen molar-refractivity contribution in [3.05, 3.63) is 35.1 Å². The number of hydrogen-bond acceptors (Lipinski definition) is 3. The first kappa shape index (κ1) is 14.5. The lowest BCUT2D eigenvalue weighted by molar-refractivity contribution is -0.148. The fourth-order valence-corrected chi connectivity index (χ4v) is 2.47. The summed E-state index contributed by atoms with van der Waals surface area (Å²) in [6.07, 6.45) is -0.965. The number of nitrogens with zero attached hydrogens (tertiary/aromatic N) is 1. The molecule has 0 aliphatic carbocycles. The van der Waals surface area contributed by atoms with Crippen molar-refractivity contribution in [2.75, 3.05) is 13.1 Å². The molecule has 2 atom stereocenters. The molecular formula is C14H16FNO4. The predicted molar refractivity (Wildman–Crippen MR) is 68.8 cm³/mol. The fourth-order valence-electron chi connectivity index (χ4n) is 2.47. The minimum absolute atomic E-state index is 0.0199. The second-order valence-corrected chi connectivity index (χ2v) is 4.98. The number of carboxylic acids is 1. The van der Waals surface area contributed by atoms with Crippen LogP contribution < -0.4 is 0 Å². The van der Waals surface area contributed by atoms with Crippen LogP contribution in [0.4, 0.5) is 4.39 Å². The van der Waals surface area contributed by atoms with Crippen LogP contribution in [0.25, 0.3) is 0 Å². The molecule has 0 spiro atoms. The van der Waals surface area contributed by atoms with E-state index < -0.39 is 29.7 Å². The number of aliphatic hydroxyl groups is 1. The van der Waals surface area contributed by atoms with Crippen molar-refractivity contribution in [3.63, 3.8) is 0 Å². The highest BCUT2D eigenvalue weighted by molar-refractivity contribution is 5.96. The molecule has 1 amide bonds. The predicted octanol–water partition coefficient (Wildman–Crippen LogP) is 1.04. The van der Waals surface area contributed by atoms with Gasteiger partial charge in [-0.15, -0.1) is 0 Å². The topological polar surface area (TPSA) is 77.8 Å². The Bertz CT molecular complexity index is 526. The molecule has 1 aromatic rings. The highest BCUT2D eigenvalue weighted by atomic mass is 19.1. The van der Waals surface area contributed by atoms with Crippen molar-refractivity contribution in [2.24, 2.45) is 5.92 Å². The van der Waals surface area contributed by atoms with Crippen molar-refractivity contribution in [2.45, 2.75) is 19.4 Å². The Morgan fingerprint density at radius 2 is 2.10 bits per heavy atom. The highest BCUT2D eigenvalue weighted by Gasteiger charge is 2.35. The smallest absolute Gasteiger partial charge is 0.309 e. The molecule has 0 aromatic heterocycles. The maximum atomic E-state index is 13.8. The quantitative estimate of drug-likeness (QED) is 0.849. The Labute approximate surface area is 115 Å². The molecule has 1 aliphatic heterocycles. The lowest BCUT2D eigenvalue weighted by Gasteiger charge is -2.34. The number of halogens is 1. The number of piperidine rings is 1. The summed E-state index contributed by atoms with van der Waals surface area (Å²) in [6.45, 7) is 1.74. The van der Waals surface area contributed by atoms with Crippen LogP contribution in [0.3, 0.4) is 0 Å². The van der Waals surface area contributed by atoms with Gasteiger partial charge < -0.3 is 15.1 Å². The summed E-state index contributed by atoms with van der Waals surface area (Å²) in [6, 6.07) is 4.37. The first-order chi connectivity index (χ1) is 9.41. The number of benzene rings is 1. The summed E-state index contributed by atoms with van der Waals surface area (Å²) in [4.78, 5) is 24.5. The Hall–Kier alpha value is -1.95. The number of aliphatic hydroxyl groups excluding tert-OH is 1. The summed E-state index contributed by atoms with van der Waals surface area (Å²) in [7, 11) is 0. The van der Waals surface area contributed by atoms with E-state index in [1.165, 1.54) is 17.0 Å². The Kier molecular flexibility index (Phi) is 4.04. The minimum Gasteiger partial charge on any atom is -0.481 e. The summed E-state index contributed by atoms with van der Waals surface area (Å²) in [5.74, 6) is -3.07. The summed E-state index contributed by atoms with van der Waals surface area (Å²) >= 11 is 0. The van der Waals surface area contributed by atoms with Gasteiger partial charge in [0.05, 0.1) is 17.6 Å². The van der Waals surface area contributed by atoms with Crippen LogP contribution in [-0.2, 0) is 4.79 Å². The minimum atomic E-state index is -1.13. The third kappa shape index (κ3) is 2.65. The van der Waals surface area contributed by atoms with E-state index in [4.69, 9.17) is 5.11 Å². The second-order valence-electron chi connectivity index (χ2n) is 4.98. The van der Waals surface area contributed by atoms with Gasteiger partial charge in [-0.05, 0) is 25.0 Å². The van der Waals surface area contributed by atoms with Gasteiger partial charge in [0.1, 0.15) is 5.82 Å². The van der Waals surface area contributed by atoms with E-state index in [9.17, 15) is 19.1 Å². The van der Waals surface area contributed by atoms with E-state index in [-0.39, 0.29) is 25.1 Å². The molecule has 1 fully saturated rings. The zero-order valence-electron chi connectivity index (χ0n) is 11.0. The van der Waals surface area contributed by atoms with Gasteiger partial charge in [-0.25, -0.2) is 4.39 Å². The number of likely N-dealkylation sites (tertiary alicyclic amines) is 1. The van der Waals surface area contributed by atoms with E-state index in [1.54, 1.807) is 13.0 Å². The highest BCUT2D eigenvalue weighted by Crippen LogP contribution is 2.22. The van der Waals surface area contributed by atoms with Gasteiger partial charge in [0.25, 0.3) is 5.91 Å². The maximum Gasteiger partial charge on any atom is 0.309 e. The molecule has 6 heteroatoms. The zero-order valence-corrected chi connectivity index (χ0v) is 11.0. The van der Waals surface area contributed by atoms with E-state index in [0.29, 0.717) is 5.56 Å². The van der Waals surface area contributed by atoms with Crippen LogP contribution >= 0.6 is 0 Å². The molecule has 1 saturated heterocycles. The molecule has 0 unspecified atom stereocenters. The van der Waals surface area contributed by atoms with Gasteiger partial charge in [0, 0.05) is 13.1 Å². The summed E-state index contributed by atoms with van der Waals surface area (Å²) in [5.41, 5.74) is 0.498. The van der Waals surface area contributed by atoms with Crippen LogP contribution in [0.1, 0.15) is 22.3 Å². The fraction of sp³-hybridized carbons (Fsp3) is 0.429. The zero-order chi connectivity index (χ0) is 14.9. The molecule has 108 valence electrons. The largest absolute Gasteiger partial charge is 0.481 e. The van der Waals surface area contributed by atoms with Crippen molar-refractivity contribution < 1.29 is 24.2 Å². The second kappa shape index (κ2) is 5.58. The van der Waals surface area contributed by atoms with Crippen LogP contribution in [0.2, 0.25) is 0 Å². The molecule has 0 radical (unpaired) electrons. The Balaban J connectivity index is 2.18. The number of amides is 1. The third-order valence-electron chi connectivity index (χ3n) is 3.62. The van der Waals surface area contributed by atoms with Crippen LogP contribution in [-0.4, -0.2) is 46.2 Å². The van der Waals surface area contributed by atoms with E-state index in [0.717, 1.165) is 0 Å². The molecule has 2 N–H and O–H groups in total. The first-order valence-electron chi connectivity index (χ1n) is 6.37. The van der Waals surface area contributed by atoms with Crippen molar-refractivity contribution in [1.29, 1.82) is 0 Å². The molecule has 0 bridgehead atoms. The average Bonchev–Trinajstić information content (AvgIpc) is 2.37. The number of carbonyl (C=O) groups is 2. The van der Waals surface area contributed by atoms with Gasteiger partial charge in [0.2, 0.25) is 0 Å². The molecule has 1 aromatic carbocycles. The van der Waals surface area contributed by atoms with Gasteiger partial charge in [-0.3, -0.25) is 9.59 Å². The number of hydrogen-bond donors (Lipinski definition) is 2. The first-order valence-corrected chi connectivity index (χ1v) is 6.37. The number of rotatable bonds is 2. The van der Waals surface area contributed by atoms with Crippen molar-refractivity contribution >= 4 is 11.9 Å². The number of β-amino-alcohol motifs (C(OH)–C–C–N with tert-alkyl or cyclic N) is 1. The lowest BCUT2D eigenvalue weighted by atomic mass is 9.93. The lowest BCUT2D eigenvalue weighted by Crippen LogP contribution is -2.49. The van der Waals surface area contributed by atoms with Gasteiger partial charge in [-0.2, -0.15) is 0 Å². The molecule has 20 heavy (non-hydrogen) atoms. The van der Waals surface area contributed by atoms with Crippen LogP contribution in [0.15, 0.2) is 18.2 Å². The van der Waals surface area contributed by atoms with Crippen molar-refractivity contribution in [1.82, 2.24) is 4.90 Å². The van der Waals surface area contributed by atoms with Gasteiger partial charge >= 0.3 is 5.97 Å². The normalized spacial score (nSPS) is 22.6. The molecule has 1 aliphatic rings. The summed E-state index contributed by atoms with van der Waals surface area (Å²) in [5, 5.41) is 18.7. The average molecular weight is 281 g/mol. The third-order valence-corrected chi connectivity index (χ3v) is 3.62. The molecule has 5 nitrogen and oxygen atoms in total.